The van der Waals surface area contributed by atoms with Gasteiger partial charge in [0.15, 0.2) is 21.1 Å². The van der Waals surface area contributed by atoms with Crippen molar-refractivity contribution in [3.05, 3.63) is 86.5 Å². The number of imidazole rings is 1. The molecule has 4 aromatic rings. The van der Waals surface area contributed by atoms with Gasteiger partial charge in [-0.25, -0.2) is 18.7 Å². The topological polar surface area (TPSA) is 47.8 Å². The molecule has 1 aliphatic rings. The van der Waals surface area contributed by atoms with Gasteiger partial charge in [0.25, 0.3) is 0 Å². The Morgan fingerprint density at radius 1 is 1.12 bits per heavy atom. The molecule has 2 aromatic heterocycles. The van der Waals surface area contributed by atoms with Gasteiger partial charge in [0.1, 0.15) is 18.0 Å². The summed E-state index contributed by atoms with van der Waals surface area (Å²) in [5.41, 5.74) is 3.47. The van der Waals surface area contributed by atoms with E-state index in [1.165, 1.54) is 17.4 Å². The fourth-order valence-corrected chi connectivity index (χ4v) is 5.30. The molecule has 0 saturated carbocycles. The Morgan fingerprint density at radius 3 is 2.62 bits per heavy atom. The summed E-state index contributed by atoms with van der Waals surface area (Å²) in [5, 5.41) is 0.778. The first kappa shape index (κ1) is 21.2. The summed E-state index contributed by atoms with van der Waals surface area (Å²) in [4.78, 5) is 22.3. The van der Waals surface area contributed by atoms with Crippen LogP contribution in [0.1, 0.15) is 33.0 Å². The number of fused-ring (bicyclic) bond motifs is 3. The van der Waals surface area contributed by atoms with Crippen molar-refractivity contribution in [1.82, 2.24) is 14.5 Å². The van der Waals surface area contributed by atoms with Crippen molar-refractivity contribution >= 4 is 40.3 Å². The molecule has 0 fully saturated rings. The lowest BCUT2D eigenvalue weighted by Crippen LogP contribution is -2.07. The molecule has 5 rings (SSSR count). The molecule has 0 unspecified atom stereocenters. The van der Waals surface area contributed by atoms with Crippen LogP contribution in [0.5, 0.6) is 0 Å². The van der Waals surface area contributed by atoms with Gasteiger partial charge in [-0.3, -0.25) is 9.36 Å². The predicted octanol–water partition coefficient (Wildman–Crippen LogP) is 6.49. The second-order valence-corrected chi connectivity index (χ2v) is 9.20. The van der Waals surface area contributed by atoms with E-state index in [2.05, 4.69) is 9.97 Å². The van der Waals surface area contributed by atoms with E-state index < -0.39 is 17.4 Å². The van der Waals surface area contributed by atoms with Crippen LogP contribution >= 0.6 is 34.5 Å². The molecular formula is C23H15Cl2F2N3OS. The number of aryl methyl sites for hydroxylation is 2. The lowest BCUT2D eigenvalue weighted by Gasteiger charge is -2.10. The Bertz CT molecular complexity index is 1350. The number of Topliss-reactive ketones (excluding diaryl/α,β-unsaturated/α-hetero) is 1. The van der Waals surface area contributed by atoms with E-state index in [9.17, 15) is 13.6 Å². The first-order valence-electron chi connectivity index (χ1n) is 9.90. The van der Waals surface area contributed by atoms with Gasteiger partial charge in [0.05, 0.1) is 10.6 Å². The number of nitrogens with zero attached hydrogens (tertiary/aromatic N) is 3. The average Bonchev–Trinajstić information content (AvgIpc) is 3.30. The minimum absolute atomic E-state index is 0.216. The van der Waals surface area contributed by atoms with Crippen LogP contribution in [0.15, 0.2) is 42.7 Å². The van der Waals surface area contributed by atoms with Gasteiger partial charge in [0, 0.05) is 17.7 Å². The number of benzene rings is 2. The molecule has 2 heterocycles. The lowest BCUT2D eigenvalue weighted by atomic mass is 10.0. The molecule has 0 N–H and O–H groups in total. The van der Waals surface area contributed by atoms with Gasteiger partial charge in [-0.1, -0.05) is 35.3 Å². The van der Waals surface area contributed by atoms with Gasteiger partial charge in [0.2, 0.25) is 0 Å². The fourth-order valence-electron chi connectivity index (χ4n) is 3.87. The largest absolute Gasteiger partial charge is 0.291 e. The van der Waals surface area contributed by atoms with Crippen molar-refractivity contribution in [1.29, 1.82) is 0 Å². The normalized spacial score (nSPS) is 12.9. The van der Waals surface area contributed by atoms with Crippen molar-refractivity contribution in [3.63, 3.8) is 0 Å². The quantitative estimate of drug-likeness (QED) is 0.307. The third kappa shape index (κ3) is 3.74. The van der Waals surface area contributed by atoms with Crippen molar-refractivity contribution in [2.75, 3.05) is 0 Å². The first-order chi connectivity index (χ1) is 15.4. The summed E-state index contributed by atoms with van der Waals surface area (Å²) in [7, 11) is 0. The van der Waals surface area contributed by atoms with E-state index >= 15 is 0 Å². The van der Waals surface area contributed by atoms with Crippen LogP contribution in [-0.2, 0) is 19.3 Å². The monoisotopic (exact) mass is 489 g/mol. The van der Waals surface area contributed by atoms with E-state index in [0.717, 1.165) is 58.8 Å². The van der Waals surface area contributed by atoms with E-state index in [1.54, 1.807) is 10.9 Å². The van der Waals surface area contributed by atoms with Crippen LogP contribution in [0.3, 0.4) is 0 Å². The standard InChI is InChI=1S/C23H15Cl2F2N3OS/c24-21-22(25)30(11-28-21)13-8-7-12-3-1-6-18-20(14(12)9-13)32-23(29-18)19(31)10-15-16(26)4-2-5-17(15)27/h2,4-5,7-9,11H,1,3,6,10H2. The highest BCUT2D eigenvalue weighted by molar-refractivity contribution is 7.17. The van der Waals surface area contributed by atoms with Crippen molar-refractivity contribution < 1.29 is 13.6 Å². The summed E-state index contributed by atoms with van der Waals surface area (Å²) in [6.45, 7) is 0. The van der Waals surface area contributed by atoms with Crippen LogP contribution < -0.4 is 0 Å². The Balaban J connectivity index is 1.54. The third-order valence-corrected chi connectivity index (χ3v) is 7.39. The lowest BCUT2D eigenvalue weighted by molar-refractivity contribution is 0.0990. The SMILES string of the molecule is O=C(Cc1c(F)cccc1F)c1nc2c(s1)-c1cc(-n3cnc(Cl)c3Cl)ccc1CCC2. The molecule has 2 aromatic carbocycles. The van der Waals surface area contributed by atoms with Crippen molar-refractivity contribution in [2.45, 2.75) is 25.7 Å². The molecule has 0 aliphatic heterocycles. The molecule has 9 heteroatoms. The summed E-state index contributed by atoms with van der Waals surface area (Å²) in [5.74, 6) is -1.88. The van der Waals surface area contributed by atoms with E-state index in [1.807, 2.05) is 18.2 Å². The Kier molecular flexibility index (Phi) is 5.57. The maximum atomic E-state index is 14.0. The molecule has 4 nitrogen and oxygen atoms in total. The molecular weight excluding hydrogens is 475 g/mol. The van der Waals surface area contributed by atoms with E-state index in [0.29, 0.717) is 5.15 Å². The Hall–Kier alpha value is -2.61. The highest BCUT2D eigenvalue weighted by atomic mass is 35.5. The van der Waals surface area contributed by atoms with Crippen molar-refractivity contribution in [2.24, 2.45) is 0 Å². The van der Waals surface area contributed by atoms with Gasteiger partial charge in [-0.15, -0.1) is 11.3 Å². The number of ketones is 1. The number of thiazole rings is 1. The van der Waals surface area contributed by atoms with Gasteiger partial charge < -0.3 is 0 Å². The fraction of sp³-hybridized carbons (Fsp3) is 0.174. The first-order valence-corrected chi connectivity index (χ1v) is 11.5. The molecule has 32 heavy (non-hydrogen) atoms. The van der Waals surface area contributed by atoms with Crippen LogP contribution in [0, 0.1) is 11.6 Å². The minimum Gasteiger partial charge on any atom is -0.291 e. The van der Waals surface area contributed by atoms with Gasteiger partial charge in [-0.05, 0) is 54.7 Å². The minimum atomic E-state index is -0.734. The molecule has 162 valence electrons. The molecule has 0 amide bonds. The van der Waals surface area contributed by atoms with Crippen LogP contribution in [0.4, 0.5) is 8.78 Å². The number of halogens is 4. The zero-order valence-corrected chi connectivity index (χ0v) is 18.9. The summed E-state index contributed by atoms with van der Waals surface area (Å²) in [6.07, 6.45) is 3.65. The van der Waals surface area contributed by atoms with Crippen molar-refractivity contribution in [3.8, 4) is 16.1 Å². The second-order valence-electron chi connectivity index (χ2n) is 7.49. The van der Waals surface area contributed by atoms with Crippen LogP contribution in [0.25, 0.3) is 16.1 Å². The molecule has 0 bridgehead atoms. The Morgan fingerprint density at radius 2 is 1.91 bits per heavy atom. The summed E-state index contributed by atoms with van der Waals surface area (Å²) in [6, 6.07) is 9.52. The smallest absolute Gasteiger partial charge is 0.195 e. The third-order valence-electron chi connectivity index (χ3n) is 5.48. The molecule has 0 atom stereocenters. The highest BCUT2D eigenvalue weighted by Crippen LogP contribution is 2.39. The number of hydrogen-bond donors (Lipinski definition) is 0. The predicted molar refractivity (Wildman–Crippen MR) is 121 cm³/mol. The number of carbonyl (C=O) groups is 1. The molecule has 0 radical (unpaired) electrons. The number of rotatable bonds is 4. The second kappa shape index (κ2) is 8.39. The van der Waals surface area contributed by atoms with E-state index in [-0.39, 0.29) is 22.1 Å². The number of hydrogen-bond acceptors (Lipinski definition) is 4. The zero-order chi connectivity index (χ0) is 22.4. The number of carbonyl (C=O) groups excluding carboxylic acids is 1. The van der Waals surface area contributed by atoms with Gasteiger partial charge >= 0.3 is 0 Å². The molecule has 0 saturated heterocycles. The number of aromatic nitrogens is 3. The summed E-state index contributed by atoms with van der Waals surface area (Å²) < 4.78 is 29.7. The average molecular weight is 490 g/mol. The molecule has 1 aliphatic carbocycles. The zero-order valence-electron chi connectivity index (χ0n) is 16.5. The Labute approximate surface area is 196 Å². The maximum Gasteiger partial charge on any atom is 0.195 e. The van der Waals surface area contributed by atoms with Crippen LogP contribution in [-0.4, -0.2) is 20.3 Å². The van der Waals surface area contributed by atoms with Crippen LogP contribution in [0.2, 0.25) is 10.3 Å². The summed E-state index contributed by atoms with van der Waals surface area (Å²) >= 11 is 13.5. The van der Waals surface area contributed by atoms with Gasteiger partial charge in [-0.2, -0.15) is 0 Å². The van der Waals surface area contributed by atoms with E-state index in [4.69, 9.17) is 23.2 Å². The maximum absolute atomic E-state index is 14.0. The molecule has 0 spiro atoms. The highest BCUT2D eigenvalue weighted by Gasteiger charge is 2.24.